The van der Waals surface area contributed by atoms with Crippen LogP contribution in [-0.2, 0) is 11.8 Å². The minimum absolute atomic E-state index is 0.105. The van der Waals surface area contributed by atoms with Gasteiger partial charge in [-0.2, -0.15) is 8.78 Å². The molecule has 1 aliphatic rings. The van der Waals surface area contributed by atoms with E-state index in [4.69, 9.17) is 4.42 Å². The van der Waals surface area contributed by atoms with Gasteiger partial charge >= 0.3 is 6.43 Å². The molecule has 1 fully saturated rings. The van der Waals surface area contributed by atoms with E-state index < -0.39 is 29.4 Å². The molecule has 0 spiro atoms. The lowest BCUT2D eigenvalue weighted by molar-refractivity contribution is 0.116. The van der Waals surface area contributed by atoms with Crippen LogP contribution in [0.2, 0.25) is 0 Å². The Kier molecular flexibility index (Phi) is 4.37. The topological polar surface area (TPSA) is 64.7 Å². The minimum Gasteiger partial charge on any atom is -0.415 e. The Labute approximate surface area is 151 Å². The molecule has 0 N–H and O–H groups in total. The summed E-state index contributed by atoms with van der Waals surface area (Å²) in [5.41, 5.74) is 0.0961. The molecule has 0 radical (unpaired) electrons. The summed E-state index contributed by atoms with van der Waals surface area (Å²) in [7, 11) is 0. The molecule has 2 heterocycles. The van der Waals surface area contributed by atoms with Gasteiger partial charge in [-0.3, -0.25) is 0 Å². The third-order valence-electron chi connectivity index (χ3n) is 4.91. The fourth-order valence-corrected chi connectivity index (χ4v) is 3.36. The maximum atomic E-state index is 14.3. The second-order valence-corrected chi connectivity index (χ2v) is 6.55. The lowest BCUT2D eigenvalue weighted by Gasteiger charge is -2.42. The third-order valence-corrected chi connectivity index (χ3v) is 4.91. The molecule has 1 saturated carbocycles. The van der Waals surface area contributed by atoms with Gasteiger partial charge in [-0.05, 0) is 24.5 Å². The summed E-state index contributed by atoms with van der Waals surface area (Å²) >= 11 is 0. The maximum absolute atomic E-state index is 14.3. The predicted octanol–water partition coefficient (Wildman–Crippen LogP) is 4.41. The first-order chi connectivity index (χ1) is 13.0. The molecular formula is C18H14F4N4O. The van der Waals surface area contributed by atoms with E-state index in [0.29, 0.717) is 36.2 Å². The maximum Gasteiger partial charge on any atom is 0.314 e. The van der Waals surface area contributed by atoms with E-state index in [1.807, 2.05) is 0 Å². The normalized spacial score (nSPS) is 15.7. The average molecular weight is 378 g/mol. The van der Waals surface area contributed by atoms with Crippen LogP contribution in [0, 0.1) is 11.6 Å². The van der Waals surface area contributed by atoms with E-state index in [-0.39, 0.29) is 5.89 Å². The van der Waals surface area contributed by atoms with Crippen molar-refractivity contribution >= 4 is 0 Å². The van der Waals surface area contributed by atoms with Crippen LogP contribution in [0.1, 0.15) is 43.0 Å². The summed E-state index contributed by atoms with van der Waals surface area (Å²) < 4.78 is 57.8. The number of halogens is 4. The van der Waals surface area contributed by atoms with Gasteiger partial charge in [0.25, 0.3) is 11.8 Å². The second kappa shape index (κ2) is 6.71. The van der Waals surface area contributed by atoms with Crippen LogP contribution >= 0.6 is 0 Å². The van der Waals surface area contributed by atoms with Crippen molar-refractivity contribution in [2.75, 3.05) is 0 Å². The molecule has 27 heavy (non-hydrogen) atoms. The Morgan fingerprint density at radius 2 is 1.81 bits per heavy atom. The molecule has 4 rings (SSSR count). The molecule has 1 aliphatic carbocycles. The summed E-state index contributed by atoms with van der Waals surface area (Å²) in [6, 6.07) is 4.18. The Morgan fingerprint density at radius 3 is 2.41 bits per heavy atom. The Bertz CT molecular complexity index is 954. The van der Waals surface area contributed by atoms with Crippen LogP contribution in [0.4, 0.5) is 17.6 Å². The van der Waals surface area contributed by atoms with E-state index >= 15 is 0 Å². The molecule has 9 heteroatoms. The van der Waals surface area contributed by atoms with Crippen LogP contribution in [0.3, 0.4) is 0 Å². The zero-order valence-electron chi connectivity index (χ0n) is 14.0. The van der Waals surface area contributed by atoms with Crippen LogP contribution in [0.25, 0.3) is 11.5 Å². The molecule has 1 aromatic carbocycles. The smallest absolute Gasteiger partial charge is 0.314 e. The summed E-state index contributed by atoms with van der Waals surface area (Å²) in [6.45, 7) is 0. The van der Waals surface area contributed by atoms with Gasteiger partial charge in [0.2, 0.25) is 0 Å². The average Bonchev–Trinajstić information content (AvgIpc) is 3.12. The molecule has 5 nitrogen and oxygen atoms in total. The monoisotopic (exact) mass is 378 g/mol. The molecule has 0 saturated heterocycles. The number of rotatable bonds is 5. The molecular weight excluding hydrogens is 364 g/mol. The largest absolute Gasteiger partial charge is 0.415 e. The van der Waals surface area contributed by atoms with Gasteiger partial charge in [-0.15, -0.1) is 10.2 Å². The SMILES string of the molecule is Fc1cccc(C2(Cc3ncc(-c4nnc(C(F)F)o4)cn3)CCC2)c1F. The van der Waals surface area contributed by atoms with E-state index in [2.05, 4.69) is 20.2 Å². The first-order valence-electron chi connectivity index (χ1n) is 8.36. The van der Waals surface area contributed by atoms with E-state index in [0.717, 1.165) is 12.5 Å². The van der Waals surface area contributed by atoms with Crippen LogP contribution in [0.15, 0.2) is 35.0 Å². The van der Waals surface area contributed by atoms with E-state index in [1.54, 1.807) is 6.07 Å². The highest BCUT2D eigenvalue weighted by Gasteiger charge is 2.42. The van der Waals surface area contributed by atoms with Gasteiger partial charge in [-0.1, -0.05) is 18.6 Å². The first-order valence-corrected chi connectivity index (χ1v) is 8.36. The van der Waals surface area contributed by atoms with Crippen molar-refractivity contribution in [3.05, 3.63) is 59.5 Å². The summed E-state index contributed by atoms with van der Waals surface area (Å²) in [4.78, 5) is 8.42. The minimum atomic E-state index is -2.86. The highest BCUT2D eigenvalue weighted by Crippen LogP contribution is 2.47. The number of aromatic nitrogens is 4. The number of benzene rings is 1. The van der Waals surface area contributed by atoms with Gasteiger partial charge in [0.15, 0.2) is 11.6 Å². The quantitative estimate of drug-likeness (QED) is 0.616. The van der Waals surface area contributed by atoms with E-state index in [1.165, 1.54) is 18.5 Å². The second-order valence-electron chi connectivity index (χ2n) is 6.55. The highest BCUT2D eigenvalue weighted by molar-refractivity contribution is 5.48. The van der Waals surface area contributed by atoms with Gasteiger partial charge in [0.05, 0.1) is 5.56 Å². The molecule has 0 amide bonds. The van der Waals surface area contributed by atoms with Crippen molar-refractivity contribution in [3.8, 4) is 11.5 Å². The fourth-order valence-electron chi connectivity index (χ4n) is 3.36. The Hall–Kier alpha value is -2.84. The highest BCUT2D eigenvalue weighted by atomic mass is 19.3. The van der Waals surface area contributed by atoms with Crippen molar-refractivity contribution in [2.45, 2.75) is 37.5 Å². The van der Waals surface area contributed by atoms with Crippen LogP contribution in [0.5, 0.6) is 0 Å². The van der Waals surface area contributed by atoms with Crippen molar-refractivity contribution < 1.29 is 22.0 Å². The zero-order valence-corrected chi connectivity index (χ0v) is 14.0. The summed E-state index contributed by atoms with van der Waals surface area (Å²) in [5.74, 6) is -2.15. The van der Waals surface area contributed by atoms with Gasteiger partial charge < -0.3 is 4.42 Å². The number of alkyl halides is 2. The van der Waals surface area contributed by atoms with Crippen molar-refractivity contribution in [2.24, 2.45) is 0 Å². The van der Waals surface area contributed by atoms with Crippen LogP contribution in [-0.4, -0.2) is 20.2 Å². The summed E-state index contributed by atoms with van der Waals surface area (Å²) in [6.07, 6.45) is 2.59. The van der Waals surface area contributed by atoms with Crippen molar-refractivity contribution in [3.63, 3.8) is 0 Å². The molecule has 0 atom stereocenters. The standard InChI is InChI=1S/C18H14F4N4O/c19-12-4-1-3-11(14(12)20)18(5-2-6-18)7-13-23-8-10(9-24-13)16-25-26-17(27-16)15(21)22/h1,3-4,8-9,15H,2,5-7H2. The van der Waals surface area contributed by atoms with Gasteiger partial charge in [-0.25, -0.2) is 18.7 Å². The lowest BCUT2D eigenvalue weighted by Crippen LogP contribution is -2.38. The van der Waals surface area contributed by atoms with Crippen molar-refractivity contribution in [1.82, 2.24) is 20.2 Å². The number of hydrogen-bond acceptors (Lipinski definition) is 5. The molecule has 0 bridgehead atoms. The molecule has 0 unspecified atom stereocenters. The molecule has 3 aromatic rings. The van der Waals surface area contributed by atoms with Gasteiger partial charge in [0.1, 0.15) is 5.82 Å². The lowest BCUT2D eigenvalue weighted by atomic mass is 9.62. The molecule has 0 aliphatic heterocycles. The third kappa shape index (κ3) is 3.17. The van der Waals surface area contributed by atoms with Crippen molar-refractivity contribution in [1.29, 1.82) is 0 Å². The Balaban J connectivity index is 1.57. The number of nitrogens with zero attached hydrogens (tertiary/aromatic N) is 4. The first kappa shape index (κ1) is 17.6. The Morgan fingerprint density at radius 1 is 1.07 bits per heavy atom. The predicted molar refractivity (Wildman–Crippen MR) is 85.9 cm³/mol. The van der Waals surface area contributed by atoms with E-state index in [9.17, 15) is 17.6 Å². The van der Waals surface area contributed by atoms with Crippen LogP contribution < -0.4 is 0 Å². The zero-order chi connectivity index (χ0) is 19.0. The molecule has 2 aromatic heterocycles. The summed E-state index contributed by atoms with van der Waals surface area (Å²) in [5, 5.41) is 6.79. The fraction of sp³-hybridized carbons (Fsp3) is 0.333. The molecule has 140 valence electrons. The van der Waals surface area contributed by atoms with Gasteiger partial charge in [0, 0.05) is 24.2 Å². The number of hydrogen-bond donors (Lipinski definition) is 0.